The molecule has 0 saturated heterocycles. The second-order valence-electron chi connectivity index (χ2n) is 4.19. The first-order chi connectivity index (χ1) is 8.52. The number of nitrogens with zero attached hydrogens (tertiary/aromatic N) is 6. The molecule has 0 saturated carbocycles. The molecule has 94 valence electrons. The van der Waals surface area contributed by atoms with Crippen LogP contribution in [0.5, 0.6) is 0 Å². The minimum absolute atomic E-state index is 0.715. The van der Waals surface area contributed by atoms with Gasteiger partial charge in [0.05, 0.1) is 0 Å². The average molecular weight is 244 g/mol. The van der Waals surface area contributed by atoms with Gasteiger partial charge in [0.25, 0.3) is 0 Å². The normalized spacial score (nSPS) is 10.7. The van der Waals surface area contributed by atoms with E-state index < -0.39 is 0 Å². The van der Waals surface area contributed by atoms with Gasteiger partial charge < -0.3 is 0 Å². The first-order valence-corrected chi connectivity index (χ1v) is 5.89. The SMILES string of the molecule is Cc1nc(C)nc(CCc2nc(C)nc(C)n2)n1. The van der Waals surface area contributed by atoms with Crippen LogP contribution in [0.25, 0.3) is 0 Å². The lowest BCUT2D eigenvalue weighted by Gasteiger charge is -2.03. The molecule has 2 aromatic rings. The maximum Gasteiger partial charge on any atom is 0.133 e. The van der Waals surface area contributed by atoms with Gasteiger partial charge in [-0.2, -0.15) is 0 Å². The van der Waals surface area contributed by atoms with Gasteiger partial charge in [0, 0.05) is 12.8 Å². The summed E-state index contributed by atoms with van der Waals surface area (Å²) in [5.41, 5.74) is 0. The van der Waals surface area contributed by atoms with Crippen LogP contribution >= 0.6 is 0 Å². The molecule has 0 radical (unpaired) electrons. The summed E-state index contributed by atoms with van der Waals surface area (Å²) in [6, 6.07) is 0. The summed E-state index contributed by atoms with van der Waals surface area (Å²) in [6.45, 7) is 7.48. The predicted octanol–water partition coefficient (Wildman–Crippen LogP) is 1.08. The highest BCUT2D eigenvalue weighted by Gasteiger charge is 2.05. The molecular weight excluding hydrogens is 228 g/mol. The lowest BCUT2D eigenvalue weighted by atomic mass is 10.2. The molecule has 18 heavy (non-hydrogen) atoms. The van der Waals surface area contributed by atoms with Gasteiger partial charge in [-0.05, 0) is 27.7 Å². The van der Waals surface area contributed by atoms with E-state index in [4.69, 9.17) is 0 Å². The molecule has 2 aromatic heterocycles. The molecule has 0 unspecified atom stereocenters. The zero-order valence-electron chi connectivity index (χ0n) is 11.1. The van der Waals surface area contributed by atoms with E-state index in [-0.39, 0.29) is 0 Å². The van der Waals surface area contributed by atoms with Crippen LogP contribution in [0.15, 0.2) is 0 Å². The van der Waals surface area contributed by atoms with Crippen LogP contribution in [-0.2, 0) is 12.8 Å². The van der Waals surface area contributed by atoms with E-state index in [1.165, 1.54) is 0 Å². The number of aryl methyl sites for hydroxylation is 6. The van der Waals surface area contributed by atoms with E-state index in [0.717, 1.165) is 34.9 Å². The smallest absolute Gasteiger partial charge is 0.133 e. The summed E-state index contributed by atoms with van der Waals surface area (Å²) in [5, 5.41) is 0. The Bertz CT molecular complexity index is 474. The van der Waals surface area contributed by atoms with Crippen LogP contribution in [0.1, 0.15) is 34.9 Å². The lowest BCUT2D eigenvalue weighted by molar-refractivity contribution is 0.744. The van der Waals surface area contributed by atoms with Gasteiger partial charge >= 0.3 is 0 Å². The Labute approximate surface area is 106 Å². The molecule has 0 aromatic carbocycles. The lowest BCUT2D eigenvalue weighted by Crippen LogP contribution is -2.08. The number of hydrogen-bond acceptors (Lipinski definition) is 6. The van der Waals surface area contributed by atoms with Crippen molar-refractivity contribution < 1.29 is 0 Å². The molecule has 0 spiro atoms. The van der Waals surface area contributed by atoms with Crippen molar-refractivity contribution in [1.82, 2.24) is 29.9 Å². The van der Waals surface area contributed by atoms with E-state index in [0.29, 0.717) is 12.8 Å². The van der Waals surface area contributed by atoms with Gasteiger partial charge in [0.2, 0.25) is 0 Å². The standard InChI is InChI=1S/C12H16N6/c1-7-13-8(2)16-11(15-7)5-6-12-17-9(3)14-10(4)18-12/h5-6H2,1-4H3. The Hall–Kier alpha value is -1.98. The van der Waals surface area contributed by atoms with Crippen LogP contribution in [0.3, 0.4) is 0 Å². The predicted molar refractivity (Wildman–Crippen MR) is 66.0 cm³/mol. The first kappa shape index (κ1) is 12.5. The van der Waals surface area contributed by atoms with E-state index in [1.807, 2.05) is 27.7 Å². The van der Waals surface area contributed by atoms with Crippen molar-refractivity contribution in [3.8, 4) is 0 Å². The summed E-state index contributed by atoms with van der Waals surface area (Å²) in [5.74, 6) is 4.58. The van der Waals surface area contributed by atoms with Crippen molar-refractivity contribution in [1.29, 1.82) is 0 Å². The van der Waals surface area contributed by atoms with Crippen molar-refractivity contribution in [2.24, 2.45) is 0 Å². The molecule has 0 aliphatic heterocycles. The van der Waals surface area contributed by atoms with Crippen LogP contribution in [0.4, 0.5) is 0 Å². The summed E-state index contributed by atoms with van der Waals surface area (Å²) < 4.78 is 0. The van der Waals surface area contributed by atoms with Crippen LogP contribution < -0.4 is 0 Å². The molecule has 0 N–H and O–H groups in total. The maximum atomic E-state index is 4.30. The Morgan fingerprint density at radius 1 is 0.500 bits per heavy atom. The number of rotatable bonds is 3. The zero-order valence-corrected chi connectivity index (χ0v) is 11.1. The summed E-state index contributed by atoms with van der Waals surface area (Å²) in [4.78, 5) is 25.5. The third-order valence-electron chi connectivity index (χ3n) is 2.38. The molecule has 6 nitrogen and oxygen atoms in total. The largest absolute Gasteiger partial charge is 0.219 e. The summed E-state index contributed by atoms with van der Waals surface area (Å²) in [7, 11) is 0. The quantitative estimate of drug-likeness (QED) is 0.804. The second kappa shape index (κ2) is 5.12. The monoisotopic (exact) mass is 244 g/mol. The van der Waals surface area contributed by atoms with Crippen LogP contribution in [0.2, 0.25) is 0 Å². The molecule has 0 aliphatic rings. The van der Waals surface area contributed by atoms with Crippen molar-refractivity contribution in [2.45, 2.75) is 40.5 Å². The van der Waals surface area contributed by atoms with E-state index in [2.05, 4.69) is 29.9 Å². The van der Waals surface area contributed by atoms with Crippen LogP contribution in [0, 0.1) is 27.7 Å². The minimum Gasteiger partial charge on any atom is -0.219 e. The molecule has 0 fully saturated rings. The van der Waals surface area contributed by atoms with Crippen LogP contribution in [-0.4, -0.2) is 29.9 Å². The van der Waals surface area contributed by atoms with E-state index in [1.54, 1.807) is 0 Å². The Morgan fingerprint density at radius 2 is 0.778 bits per heavy atom. The van der Waals surface area contributed by atoms with Gasteiger partial charge in [-0.3, -0.25) is 0 Å². The van der Waals surface area contributed by atoms with E-state index >= 15 is 0 Å². The highest BCUT2D eigenvalue weighted by Crippen LogP contribution is 2.01. The molecule has 2 heterocycles. The highest BCUT2D eigenvalue weighted by molar-refractivity contribution is 4.99. The van der Waals surface area contributed by atoms with Crippen molar-refractivity contribution in [3.63, 3.8) is 0 Å². The number of aromatic nitrogens is 6. The molecule has 0 aliphatic carbocycles. The van der Waals surface area contributed by atoms with Gasteiger partial charge in [-0.1, -0.05) is 0 Å². The fraction of sp³-hybridized carbons (Fsp3) is 0.500. The van der Waals surface area contributed by atoms with Gasteiger partial charge in [-0.25, -0.2) is 29.9 Å². The average Bonchev–Trinajstić information content (AvgIpc) is 2.23. The maximum absolute atomic E-state index is 4.30. The fourth-order valence-electron chi connectivity index (χ4n) is 1.81. The van der Waals surface area contributed by atoms with Gasteiger partial charge in [0.1, 0.15) is 34.9 Å². The molecular formula is C12H16N6. The Kier molecular flexibility index (Phi) is 3.55. The third-order valence-corrected chi connectivity index (χ3v) is 2.38. The van der Waals surface area contributed by atoms with Gasteiger partial charge in [0.15, 0.2) is 0 Å². The Morgan fingerprint density at radius 3 is 1.06 bits per heavy atom. The topological polar surface area (TPSA) is 77.3 Å². The first-order valence-electron chi connectivity index (χ1n) is 5.89. The van der Waals surface area contributed by atoms with Crippen molar-refractivity contribution in [2.75, 3.05) is 0 Å². The molecule has 2 rings (SSSR count). The van der Waals surface area contributed by atoms with Gasteiger partial charge in [-0.15, -0.1) is 0 Å². The second-order valence-corrected chi connectivity index (χ2v) is 4.19. The third kappa shape index (κ3) is 3.26. The summed E-state index contributed by atoms with van der Waals surface area (Å²) in [6.07, 6.45) is 1.43. The van der Waals surface area contributed by atoms with Crippen molar-refractivity contribution >= 4 is 0 Å². The molecule has 0 atom stereocenters. The van der Waals surface area contributed by atoms with Crippen molar-refractivity contribution in [3.05, 3.63) is 34.9 Å². The molecule has 6 heteroatoms. The fourth-order valence-corrected chi connectivity index (χ4v) is 1.81. The minimum atomic E-state index is 0.715. The zero-order chi connectivity index (χ0) is 13.1. The highest BCUT2D eigenvalue weighted by atomic mass is 15.0. The molecule has 0 bridgehead atoms. The van der Waals surface area contributed by atoms with E-state index in [9.17, 15) is 0 Å². The number of hydrogen-bond donors (Lipinski definition) is 0. The molecule has 0 amide bonds. The Balaban J connectivity index is 2.11. The summed E-state index contributed by atoms with van der Waals surface area (Å²) >= 11 is 0.